The molecule has 118 valence electrons. The third-order valence-electron chi connectivity index (χ3n) is 5.11. The van der Waals surface area contributed by atoms with Crippen LogP contribution in [0, 0.1) is 0 Å². The zero-order valence-electron chi connectivity index (χ0n) is 13.1. The number of hydrogen-bond acceptors (Lipinski definition) is 4. The molecule has 0 aromatic carbocycles. The zero-order chi connectivity index (χ0) is 14.7. The minimum absolute atomic E-state index is 0.0206. The summed E-state index contributed by atoms with van der Waals surface area (Å²) in [6.45, 7) is 3.00. The van der Waals surface area contributed by atoms with Gasteiger partial charge in [-0.1, -0.05) is 37.8 Å². The summed E-state index contributed by atoms with van der Waals surface area (Å²) in [6.07, 6.45) is 12.6. The fourth-order valence-electron chi connectivity index (χ4n) is 3.87. The lowest BCUT2D eigenvalue weighted by molar-refractivity contribution is -0.115. The molecule has 2 heterocycles. The van der Waals surface area contributed by atoms with Crippen LogP contribution >= 0.6 is 0 Å². The van der Waals surface area contributed by atoms with E-state index in [0.717, 1.165) is 38.0 Å². The van der Waals surface area contributed by atoms with E-state index < -0.39 is 0 Å². The van der Waals surface area contributed by atoms with Crippen molar-refractivity contribution in [3.8, 4) is 0 Å². The Morgan fingerprint density at radius 2 is 2.24 bits per heavy atom. The van der Waals surface area contributed by atoms with E-state index in [1.165, 1.54) is 32.1 Å². The highest BCUT2D eigenvalue weighted by atomic mass is 16.5. The Hall–Kier alpha value is -0.940. The smallest absolute Gasteiger partial charge is 0.0994 e. The number of hydrogen-bond donors (Lipinski definition) is 1. The summed E-state index contributed by atoms with van der Waals surface area (Å²) < 4.78 is 8.21. The SMILES string of the molecule is CCCC(N)c1cn(C2CCOC3(CCCCC3)C2)nn1. The Balaban J connectivity index is 1.68. The fourth-order valence-corrected chi connectivity index (χ4v) is 3.87. The second-order valence-corrected chi connectivity index (χ2v) is 6.76. The summed E-state index contributed by atoms with van der Waals surface area (Å²) in [5.41, 5.74) is 7.19. The molecule has 1 saturated carbocycles. The number of rotatable bonds is 4. The molecule has 2 atom stereocenters. The highest BCUT2D eigenvalue weighted by Gasteiger charge is 2.39. The normalized spacial score (nSPS) is 26.9. The van der Waals surface area contributed by atoms with Crippen LogP contribution in [0.3, 0.4) is 0 Å². The van der Waals surface area contributed by atoms with Gasteiger partial charge in [-0.05, 0) is 32.1 Å². The Labute approximate surface area is 127 Å². The van der Waals surface area contributed by atoms with Crippen LogP contribution in [0.2, 0.25) is 0 Å². The van der Waals surface area contributed by atoms with E-state index in [2.05, 4.69) is 23.4 Å². The standard InChI is InChI=1S/C16H28N4O/c1-2-6-14(17)15-12-20(19-18-15)13-7-10-21-16(11-13)8-4-3-5-9-16/h12-14H,2-11,17H2,1H3. The van der Waals surface area contributed by atoms with Crippen molar-refractivity contribution in [2.45, 2.75) is 82.4 Å². The van der Waals surface area contributed by atoms with Gasteiger partial charge in [0.25, 0.3) is 0 Å². The molecule has 21 heavy (non-hydrogen) atoms. The van der Waals surface area contributed by atoms with Crippen molar-refractivity contribution in [1.29, 1.82) is 0 Å². The molecule has 0 radical (unpaired) electrons. The van der Waals surface area contributed by atoms with Gasteiger partial charge in [-0.2, -0.15) is 0 Å². The molecule has 5 heteroatoms. The molecule has 1 spiro atoms. The molecule has 1 saturated heterocycles. The van der Waals surface area contributed by atoms with E-state index in [0.29, 0.717) is 6.04 Å². The first-order valence-electron chi connectivity index (χ1n) is 8.54. The molecule has 3 rings (SSSR count). The molecule has 0 bridgehead atoms. The third kappa shape index (κ3) is 3.29. The van der Waals surface area contributed by atoms with Gasteiger partial charge < -0.3 is 10.5 Å². The van der Waals surface area contributed by atoms with Gasteiger partial charge in [0, 0.05) is 6.61 Å². The van der Waals surface area contributed by atoms with Gasteiger partial charge in [-0.15, -0.1) is 5.10 Å². The first kappa shape index (κ1) is 15.0. The maximum absolute atomic E-state index is 6.16. The van der Waals surface area contributed by atoms with E-state index in [1.54, 1.807) is 0 Å². The third-order valence-corrected chi connectivity index (χ3v) is 5.11. The highest BCUT2D eigenvalue weighted by Crippen LogP contribution is 2.42. The van der Waals surface area contributed by atoms with E-state index in [9.17, 15) is 0 Å². The first-order chi connectivity index (χ1) is 10.2. The molecule has 2 aliphatic rings. The first-order valence-corrected chi connectivity index (χ1v) is 8.54. The van der Waals surface area contributed by atoms with Gasteiger partial charge in [0.1, 0.15) is 0 Å². The van der Waals surface area contributed by atoms with Crippen molar-refractivity contribution < 1.29 is 4.74 Å². The summed E-state index contributed by atoms with van der Waals surface area (Å²) >= 11 is 0. The zero-order valence-corrected chi connectivity index (χ0v) is 13.1. The molecule has 1 aliphatic heterocycles. The predicted molar refractivity (Wildman–Crippen MR) is 81.9 cm³/mol. The second kappa shape index (κ2) is 6.44. The minimum atomic E-state index is 0.0206. The average Bonchev–Trinajstić information content (AvgIpc) is 2.98. The van der Waals surface area contributed by atoms with E-state index in [-0.39, 0.29) is 11.6 Å². The highest BCUT2D eigenvalue weighted by molar-refractivity contribution is 5.01. The van der Waals surface area contributed by atoms with Gasteiger partial charge in [0.05, 0.1) is 29.6 Å². The van der Waals surface area contributed by atoms with Gasteiger partial charge in [-0.25, -0.2) is 4.68 Å². The van der Waals surface area contributed by atoms with E-state index in [1.807, 2.05) is 4.68 Å². The molecule has 1 aromatic heterocycles. The average molecular weight is 292 g/mol. The predicted octanol–water partition coefficient (Wildman–Crippen LogP) is 3.13. The Morgan fingerprint density at radius 3 is 3.00 bits per heavy atom. The largest absolute Gasteiger partial charge is 0.375 e. The van der Waals surface area contributed by atoms with Crippen LogP contribution in [0.1, 0.15) is 82.5 Å². The van der Waals surface area contributed by atoms with Crippen LogP contribution in [0.15, 0.2) is 6.20 Å². The lowest BCUT2D eigenvalue weighted by Crippen LogP contribution is -2.42. The summed E-state index contributed by atoms with van der Waals surface area (Å²) in [7, 11) is 0. The molecular formula is C16H28N4O. The van der Waals surface area contributed by atoms with Gasteiger partial charge >= 0.3 is 0 Å². The minimum Gasteiger partial charge on any atom is -0.375 e. The van der Waals surface area contributed by atoms with E-state index in [4.69, 9.17) is 10.5 Å². The summed E-state index contributed by atoms with van der Waals surface area (Å²) in [5, 5.41) is 8.64. The molecule has 2 unspecified atom stereocenters. The number of nitrogens with zero attached hydrogens (tertiary/aromatic N) is 3. The quantitative estimate of drug-likeness (QED) is 0.926. The second-order valence-electron chi connectivity index (χ2n) is 6.76. The summed E-state index contributed by atoms with van der Waals surface area (Å²) in [5.74, 6) is 0. The van der Waals surface area contributed by atoms with Crippen LogP contribution in [0.5, 0.6) is 0 Å². The van der Waals surface area contributed by atoms with Crippen molar-refractivity contribution in [1.82, 2.24) is 15.0 Å². The van der Waals surface area contributed by atoms with Crippen molar-refractivity contribution in [3.63, 3.8) is 0 Å². The van der Waals surface area contributed by atoms with Crippen LogP contribution in [-0.2, 0) is 4.74 Å². The van der Waals surface area contributed by atoms with Crippen LogP contribution in [0.25, 0.3) is 0 Å². The van der Waals surface area contributed by atoms with Crippen molar-refractivity contribution in [3.05, 3.63) is 11.9 Å². The number of nitrogens with two attached hydrogens (primary N) is 1. The lowest BCUT2D eigenvalue weighted by atomic mass is 9.78. The van der Waals surface area contributed by atoms with Gasteiger partial charge in [0.2, 0.25) is 0 Å². The Bertz CT molecular complexity index is 447. The molecule has 0 amide bonds. The summed E-state index contributed by atoms with van der Waals surface area (Å²) in [6, 6.07) is 0.444. The molecule has 2 fully saturated rings. The van der Waals surface area contributed by atoms with Crippen molar-refractivity contribution in [2.75, 3.05) is 6.61 Å². The maximum atomic E-state index is 6.16. The van der Waals surface area contributed by atoms with Crippen LogP contribution in [-0.4, -0.2) is 27.2 Å². The number of aromatic nitrogens is 3. The van der Waals surface area contributed by atoms with Crippen molar-refractivity contribution in [2.24, 2.45) is 5.73 Å². The molecular weight excluding hydrogens is 264 g/mol. The molecule has 1 aliphatic carbocycles. The topological polar surface area (TPSA) is 66.0 Å². The van der Waals surface area contributed by atoms with Crippen LogP contribution in [0.4, 0.5) is 0 Å². The molecule has 5 nitrogen and oxygen atoms in total. The number of ether oxygens (including phenoxy) is 1. The monoisotopic (exact) mass is 292 g/mol. The molecule has 2 N–H and O–H groups in total. The Morgan fingerprint density at radius 1 is 1.43 bits per heavy atom. The Kier molecular flexibility index (Phi) is 4.60. The molecule has 1 aromatic rings. The van der Waals surface area contributed by atoms with Gasteiger partial charge in [0.15, 0.2) is 0 Å². The van der Waals surface area contributed by atoms with Crippen LogP contribution < -0.4 is 5.73 Å². The maximum Gasteiger partial charge on any atom is 0.0994 e. The lowest BCUT2D eigenvalue weighted by Gasteiger charge is -2.43. The summed E-state index contributed by atoms with van der Waals surface area (Å²) in [4.78, 5) is 0. The fraction of sp³-hybridized carbons (Fsp3) is 0.875. The van der Waals surface area contributed by atoms with Gasteiger partial charge in [-0.3, -0.25) is 0 Å². The van der Waals surface area contributed by atoms with E-state index >= 15 is 0 Å². The van der Waals surface area contributed by atoms with Crippen molar-refractivity contribution >= 4 is 0 Å².